The average Bonchev–Trinajstić information content (AvgIpc) is 2.70. The van der Waals surface area contributed by atoms with Gasteiger partial charge in [-0.25, -0.2) is 9.97 Å². The summed E-state index contributed by atoms with van der Waals surface area (Å²) >= 11 is 1.94. The van der Waals surface area contributed by atoms with E-state index >= 15 is 0 Å². The first-order valence-corrected chi connectivity index (χ1v) is 9.20. The van der Waals surface area contributed by atoms with Crippen LogP contribution in [-0.2, 0) is 18.6 Å². The van der Waals surface area contributed by atoms with Gasteiger partial charge in [-0.05, 0) is 44.3 Å². The topological polar surface area (TPSA) is 37.8 Å². The van der Waals surface area contributed by atoms with Gasteiger partial charge in [-0.3, -0.25) is 0 Å². The molecule has 1 aromatic rings. The maximum atomic E-state index is 4.84. The highest BCUT2D eigenvalue weighted by Crippen LogP contribution is 2.26. The molecule has 20 heavy (non-hydrogen) atoms. The van der Waals surface area contributed by atoms with Crippen LogP contribution in [0.4, 0.5) is 5.82 Å². The van der Waals surface area contributed by atoms with Gasteiger partial charge in [-0.1, -0.05) is 20.3 Å². The largest absolute Gasteiger partial charge is 0.370 e. The molecule has 0 atom stereocenters. The van der Waals surface area contributed by atoms with E-state index in [1.54, 1.807) is 0 Å². The molecule has 0 radical (unpaired) electrons. The molecular formula is C16H27N3S. The van der Waals surface area contributed by atoms with E-state index in [9.17, 15) is 0 Å². The summed E-state index contributed by atoms with van der Waals surface area (Å²) < 4.78 is 0. The fourth-order valence-electron chi connectivity index (χ4n) is 2.58. The Kier molecular flexibility index (Phi) is 6.64. The fraction of sp³-hybridized carbons (Fsp3) is 0.750. The van der Waals surface area contributed by atoms with Gasteiger partial charge in [0.2, 0.25) is 0 Å². The van der Waals surface area contributed by atoms with Gasteiger partial charge in [0, 0.05) is 17.8 Å². The minimum atomic E-state index is 0.946. The van der Waals surface area contributed by atoms with Crippen LogP contribution in [0.3, 0.4) is 0 Å². The van der Waals surface area contributed by atoms with E-state index in [1.165, 1.54) is 42.7 Å². The van der Waals surface area contributed by atoms with E-state index in [1.807, 2.05) is 11.8 Å². The summed E-state index contributed by atoms with van der Waals surface area (Å²) in [7, 11) is 0. The fourth-order valence-corrected chi connectivity index (χ4v) is 3.33. The zero-order valence-electron chi connectivity index (χ0n) is 12.9. The average molecular weight is 293 g/mol. The molecule has 1 N–H and O–H groups in total. The van der Waals surface area contributed by atoms with Crippen LogP contribution in [0, 0.1) is 0 Å². The first kappa shape index (κ1) is 15.6. The lowest BCUT2D eigenvalue weighted by molar-refractivity contribution is 0.708. The predicted molar refractivity (Wildman–Crippen MR) is 88.5 cm³/mol. The van der Waals surface area contributed by atoms with Crippen LogP contribution < -0.4 is 5.32 Å². The molecule has 0 bridgehead atoms. The quantitative estimate of drug-likeness (QED) is 0.603. The Bertz CT molecular complexity index is 420. The highest BCUT2D eigenvalue weighted by atomic mass is 32.2. The molecule has 0 unspecified atom stereocenters. The Morgan fingerprint density at radius 3 is 2.70 bits per heavy atom. The molecule has 0 fully saturated rings. The molecule has 2 rings (SSSR count). The summed E-state index contributed by atoms with van der Waals surface area (Å²) in [4.78, 5) is 9.64. The number of aryl methyl sites for hydroxylation is 1. The maximum absolute atomic E-state index is 4.84. The molecule has 1 heterocycles. The molecule has 1 aliphatic rings. The molecule has 0 spiro atoms. The molecule has 112 valence electrons. The SMILES string of the molecule is CCCNc1nc(CSCCC)nc2c1CCCCC2. The first-order valence-electron chi connectivity index (χ1n) is 8.05. The molecular weight excluding hydrogens is 266 g/mol. The number of nitrogens with one attached hydrogen (secondary N) is 1. The normalized spacial score (nSPS) is 14.7. The Labute approximate surface area is 127 Å². The number of fused-ring (bicyclic) bond motifs is 1. The standard InChI is InChI=1S/C16H27N3S/c1-3-10-17-16-13-8-6-5-7-9-14(13)18-15(19-16)12-20-11-4-2/h3-12H2,1-2H3,(H,17,18,19). The van der Waals surface area contributed by atoms with Crippen LogP contribution in [0.1, 0.15) is 63.0 Å². The third-order valence-corrected chi connectivity index (χ3v) is 4.76. The van der Waals surface area contributed by atoms with Crippen molar-refractivity contribution in [3.63, 3.8) is 0 Å². The Morgan fingerprint density at radius 2 is 1.90 bits per heavy atom. The smallest absolute Gasteiger partial charge is 0.140 e. The summed E-state index contributed by atoms with van der Waals surface area (Å²) in [6.45, 7) is 5.43. The second kappa shape index (κ2) is 8.50. The van der Waals surface area contributed by atoms with Gasteiger partial charge >= 0.3 is 0 Å². The molecule has 0 saturated carbocycles. The van der Waals surface area contributed by atoms with Crippen molar-refractivity contribution < 1.29 is 0 Å². The molecule has 0 aliphatic heterocycles. The van der Waals surface area contributed by atoms with Crippen LogP contribution in [0.5, 0.6) is 0 Å². The first-order chi connectivity index (χ1) is 9.85. The zero-order chi connectivity index (χ0) is 14.2. The lowest BCUT2D eigenvalue weighted by Crippen LogP contribution is -2.11. The summed E-state index contributed by atoms with van der Waals surface area (Å²) in [6.07, 6.45) is 8.51. The van der Waals surface area contributed by atoms with E-state index in [0.717, 1.165) is 43.2 Å². The molecule has 1 aromatic heterocycles. The van der Waals surface area contributed by atoms with Crippen molar-refractivity contribution >= 4 is 17.6 Å². The predicted octanol–water partition coefficient (Wildman–Crippen LogP) is 4.21. The molecule has 0 aromatic carbocycles. The van der Waals surface area contributed by atoms with Crippen LogP contribution in [0.25, 0.3) is 0 Å². The minimum absolute atomic E-state index is 0.946. The van der Waals surface area contributed by atoms with Gasteiger partial charge < -0.3 is 5.32 Å². The summed E-state index contributed by atoms with van der Waals surface area (Å²) in [5.41, 5.74) is 2.70. The van der Waals surface area contributed by atoms with Gasteiger partial charge in [0.05, 0.1) is 5.75 Å². The number of hydrogen-bond donors (Lipinski definition) is 1. The number of hydrogen-bond acceptors (Lipinski definition) is 4. The van der Waals surface area contributed by atoms with E-state index < -0.39 is 0 Å². The van der Waals surface area contributed by atoms with Gasteiger partial charge in [-0.15, -0.1) is 0 Å². The number of aromatic nitrogens is 2. The van der Waals surface area contributed by atoms with E-state index in [4.69, 9.17) is 9.97 Å². The van der Waals surface area contributed by atoms with E-state index in [-0.39, 0.29) is 0 Å². The second-order valence-electron chi connectivity index (χ2n) is 5.45. The lowest BCUT2D eigenvalue weighted by atomic mass is 10.1. The Hall–Kier alpha value is -0.770. The zero-order valence-corrected chi connectivity index (χ0v) is 13.7. The summed E-state index contributed by atoms with van der Waals surface area (Å²) in [6, 6.07) is 0. The van der Waals surface area contributed by atoms with Gasteiger partial charge in [0.15, 0.2) is 0 Å². The van der Waals surface area contributed by atoms with E-state index in [0.29, 0.717) is 0 Å². The van der Waals surface area contributed by atoms with Gasteiger partial charge in [0.1, 0.15) is 11.6 Å². The van der Waals surface area contributed by atoms with Crippen molar-refractivity contribution in [3.8, 4) is 0 Å². The highest BCUT2D eigenvalue weighted by molar-refractivity contribution is 7.98. The summed E-state index contributed by atoms with van der Waals surface area (Å²) in [5.74, 6) is 4.27. The number of thioether (sulfide) groups is 1. The van der Waals surface area contributed by atoms with Crippen molar-refractivity contribution in [1.82, 2.24) is 9.97 Å². The number of nitrogens with zero attached hydrogens (tertiary/aromatic N) is 2. The second-order valence-corrected chi connectivity index (χ2v) is 6.56. The van der Waals surface area contributed by atoms with Crippen molar-refractivity contribution in [2.24, 2.45) is 0 Å². The summed E-state index contributed by atoms with van der Waals surface area (Å²) in [5, 5.41) is 3.52. The molecule has 0 amide bonds. The maximum Gasteiger partial charge on any atom is 0.140 e. The van der Waals surface area contributed by atoms with Crippen LogP contribution in [-0.4, -0.2) is 22.3 Å². The van der Waals surface area contributed by atoms with Crippen LogP contribution >= 0.6 is 11.8 Å². The molecule has 4 heteroatoms. The Morgan fingerprint density at radius 1 is 1.05 bits per heavy atom. The van der Waals surface area contributed by atoms with Crippen molar-refractivity contribution in [2.75, 3.05) is 17.6 Å². The molecule has 3 nitrogen and oxygen atoms in total. The third kappa shape index (κ3) is 4.37. The molecule has 1 aliphatic carbocycles. The van der Waals surface area contributed by atoms with Crippen LogP contribution in [0.15, 0.2) is 0 Å². The Balaban J connectivity index is 2.19. The minimum Gasteiger partial charge on any atom is -0.370 e. The van der Waals surface area contributed by atoms with E-state index in [2.05, 4.69) is 19.2 Å². The van der Waals surface area contributed by atoms with Crippen LogP contribution in [0.2, 0.25) is 0 Å². The van der Waals surface area contributed by atoms with Gasteiger partial charge in [-0.2, -0.15) is 11.8 Å². The lowest BCUT2D eigenvalue weighted by Gasteiger charge is -2.14. The van der Waals surface area contributed by atoms with Crippen molar-refractivity contribution in [3.05, 3.63) is 17.1 Å². The highest BCUT2D eigenvalue weighted by Gasteiger charge is 2.16. The number of rotatable bonds is 7. The third-order valence-electron chi connectivity index (χ3n) is 3.60. The number of anilines is 1. The molecule has 0 saturated heterocycles. The monoisotopic (exact) mass is 293 g/mol. The van der Waals surface area contributed by atoms with Crippen molar-refractivity contribution in [1.29, 1.82) is 0 Å². The van der Waals surface area contributed by atoms with Crippen molar-refractivity contribution in [2.45, 2.75) is 64.5 Å². The van der Waals surface area contributed by atoms with Gasteiger partial charge in [0.25, 0.3) is 0 Å².